The molecule has 0 rings (SSSR count). The number of aliphatic hydroxyl groups is 2. The van der Waals surface area contributed by atoms with E-state index in [0.717, 1.165) is 38.6 Å². The van der Waals surface area contributed by atoms with Crippen LogP contribution in [0.5, 0.6) is 0 Å². The summed E-state index contributed by atoms with van der Waals surface area (Å²) in [7, 11) is 0. The molecule has 0 amide bonds. The van der Waals surface area contributed by atoms with Crippen molar-refractivity contribution in [1.29, 1.82) is 0 Å². The first kappa shape index (κ1) is 13.9. The third-order valence-electron chi connectivity index (χ3n) is 2.30. The summed E-state index contributed by atoms with van der Waals surface area (Å²) < 4.78 is 0. The first-order valence-corrected chi connectivity index (χ1v) is 5.83. The SMILES string of the molecule is CCCCCC(O)NCCCCCO. The van der Waals surface area contributed by atoms with E-state index in [0.29, 0.717) is 0 Å². The summed E-state index contributed by atoms with van der Waals surface area (Å²) in [4.78, 5) is 0. The van der Waals surface area contributed by atoms with E-state index >= 15 is 0 Å². The minimum absolute atomic E-state index is 0.277. The van der Waals surface area contributed by atoms with Crippen molar-refractivity contribution in [3.8, 4) is 0 Å². The topological polar surface area (TPSA) is 52.5 Å². The lowest BCUT2D eigenvalue weighted by Gasteiger charge is -2.11. The summed E-state index contributed by atoms with van der Waals surface area (Å²) in [6, 6.07) is 0. The molecule has 0 spiro atoms. The first-order valence-electron chi connectivity index (χ1n) is 5.83. The average Bonchev–Trinajstić information content (AvgIpc) is 2.18. The van der Waals surface area contributed by atoms with E-state index < -0.39 is 0 Å². The summed E-state index contributed by atoms with van der Waals surface area (Å²) in [5, 5.41) is 21.1. The van der Waals surface area contributed by atoms with Crippen LogP contribution in [0.4, 0.5) is 0 Å². The molecule has 0 saturated heterocycles. The summed E-state index contributed by atoms with van der Waals surface area (Å²) >= 11 is 0. The van der Waals surface area contributed by atoms with Crippen molar-refractivity contribution in [2.45, 2.75) is 58.1 Å². The highest BCUT2D eigenvalue weighted by atomic mass is 16.3. The lowest BCUT2D eigenvalue weighted by atomic mass is 10.2. The maximum atomic E-state index is 9.47. The molecule has 0 bridgehead atoms. The monoisotopic (exact) mass is 203 g/mol. The van der Waals surface area contributed by atoms with Gasteiger partial charge in [-0.2, -0.15) is 0 Å². The highest BCUT2D eigenvalue weighted by Crippen LogP contribution is 2.01. The van der Waals surface area contributed by atoms with Gasteiger partial charge in [-0.05, 0) is 38.6 Å². The lowest BCUT2D eigenvalue weighted by molar-refractivity contribution is 0.124. The van der Waals surface area contributed by atoms with Crippen molar-refractivity contribution in [2.24, 2.45) is 0 Å². The zero-order valence-corrected chi connectivity index (χ0v) is 9.34. The Bertz CT molecular complexity index is 109. The zero-order valence-electron chi connectivity index (χ0n) is 9.34. The van der Waals surface area contributed by atoms with Crippen LogP contribution in [0.1, 0.15) is 51.9 Å². The number of hydrogen-bond donors (Lipinski definition) is 3. The highest BCUT2D eigenvalue weighted by molar-refractivity contribution is 4.54. The van der Waals surface area contributed by atoms with E-state index in [9.17, 15) is 5.11 Å². The second-order valence-corrected chi connectivity index (χ2v) is 3.75. The summed E-state index contributed by atoms with van der Waals surface area (Å²) in [5.41, 5.74) is 0. The third kappa shape index (κ3) is 9.96. The Balaban J connectivity index is 3.06. The van der Waals surface area contributed by atoms with Gasteiger partial charge in [-0.25, -0.2) is 0 Å². The Kier molecular flexibility index (Phi) is 10.9. The lowest BCUT2D eigenvalue weighted by Crippen LogP contribution is -2.29. The van der Waals surface area contributed by atoms with Crippen LogP contribution in [-0.4, -0.2) is 29.6 Å². The maximum absolute atomic E-state index is 9.47. The van der Waals surface area contributed by atoms with Gasteiger partial charge in [-0.15, -0.1) is 0 Å². The van der Waals surface area contributed by atoms with Gasteiger partial charge in [0.1, 0.15) is 6.23 Å². The molecular formula is C11H25NO2. The summed E-state index contributed by atoms with van der Waals surface area (Å²) in [6.45, 7) is 3.29. The smallest absolute Gasteiger partial charge is 0.104 e. The van der Waals surface area contributed by atoms with Crippen molar-refractivity contribution in [3.05, 3.63) is 0 Å². The zero-order chi connectivity index (χ0) is 10.6. The second kappa shape index (κ2) is 11.0. The predicted octanol–water partition coefficient (Wildman–Crippen LogP) is 1.64. The minimum Gasteiger partial charge on any atom is -0.396 e. The fraction of sp³-hybridized carbons (Fsp3) is 1.00. The molecule has 14 heavy (non-hydrogen) atoms. The van der Waals surface area contributed by atoms with E-state index in [1.54, 1.807) is 0 Å². The Morgan fingerprint density at radius 3 is 2.50 bits per heavy atom. The minimum atomic E-state index is -0.337. The normalized spacial score (nSPS) is 13.1. The standard InChI is InChI=1S/C11H25NO2/c1-2-3-5-8-11(14)12-9-6-4-7-10-13/h11-14H,2-10H2,1H3. The van der Waals surface area contributed by atoms with Crippen molar-refractivity contribution >= 4 is 0 Å². The summed E-state index contributed by atoms with van der Waals surface area (Å²) in [6.07, 6.45) is 6.95. The van der Waals surface area contributed by atoms with Crippen LogP contribution in [-0.2, 0) is 0 Å². The van der Waals surface area contributed by atoms with Crippen LogP contribution in [0.15, 0.2) is 0 Å². The number of unbranched alkanes of at least 4 members (excludes halogenated alkanes) is 4. The van der Waals surface area contributed by atoms with E-state index in [1.807, 2.05) is 0 Å². The molecular weight excluding hydrogens is 178 g/mol. The molecule has 86 valence electrons. The first-order chi connectivity index (χ1) is 6.81. The van der Waals surface area contributed by atoms with Crippen molar-refractivity contribution in [1.82, 2.24) is 5.32 Å². The van der Waals surface area contributed by atoms with Crippen LogP contribution in [0.25, 0.3) is 0 Å². The van der Waals surface area contributed by atoms with Crippen LogP contribution < -0.4 is 5.32 Å². The molecule has 0 heterocycles. The van der Waals surface area contributed by atoms with E-state index in [1.165, 1.54) is 12.8 Å². The molecule has 0 aromatic heterocycles. The van der Waals surface area contributed by atoms with Crippen LogP contribution in [0.2, 0.25) is 0 Å². The van der Waals surface area contributed by atoms with Gasteiger partial charge in [-0.1, -0.05) is 19.8 Å². The molecule has 0 fully saturated rings. The fourth-order valence-electron chi connectivity index (χ4n) is 1.37. The Hall–Kier alpha value is -0.120. The maximum Gasteiger partial charge on any atom is 0.104 e. The molecule has 3 N–H and O–H groups in total. The Labute approximate surface area is 87.5 Å². The second-order valence-electron chi connectivity index (χ2n) is 3.75. The molecule has 0 saturated carbocycles. The molecule has 3 nitrogen and oxygen atoms in total. The third-order valence-corrected chi connectivity index (χ3v) is 2.30. The van der Waals surface area contributed by atoms with Gasteiger partial charge in [0.25, 0.3) is 0 Å². The Morgan fingerprint density at radius 1 is 1.07 bits per heavy atom. The number of nitrogens with one attached hydrogen (secondary N) is 1. The molecule has 0 aliphatic rings. The molecule has 0 aromatic rings. The summed E-state index contributed by atoms with van der Waals surface area (Å²) in [5.74, 6) is 0. The molecule has 0 aliphatic carbocycles. The van der Waals surface area contributed by atoms with Gasteiger partial charge in [-0.3, -0.25) is 5.32 Å². The van der Waals surface area contributed by atoms with E-state index in [2.05, 4.69) is 12.2 Å². The van der Waals surface area contributed by atoms with Gasteiger partial charge in [0.15, 0.2) is 0 Å². The molecule has 0 aliphatic heterocycles. The molecule has 0 aromatic carbocycles. The average molecular weight is 203 g/mol. The van der Waals surface area contributed by atoms with Crippen LogP contribution in [0.3, 0.4) is 0 Å². The van der Waals surface area contributed by atoms with Crippen molar-refractivity contribution < 1.29 is 10.2 Å². The quantitative estimate of drug-likeness (QED) is 0.374. The Morgan fingerprint density at radius 2 is 1.86 bits per heavy atom. The van der Waals surface area contributed by atoms with Gasteiger partial charge in [0.2, 0.25) is 0 Å². The number of aliphatic hydroxyl groups excluding tert-OH is 2. The molecule has 3 heteroatoms. The number of rotatable bonds is 10. The fourth-order valence-corrected chi connectivity index (χ4v) is 1.37. The molecule has 1 unspecified atom stereocenters. The van der Waals surface area contributed by atoms with Gasteiger partial charge in [0, 0.05) is 6.61 Å². The molecule has 0 radical (unpaired) electrons. The van der Waals surface area contributed by atoms with E-state index in [4.69, 9.17) is 5.11 Å². The largest absolute Gasteiger partial charge is 0.396 e. The van der Waals surface area contributed by atoms with Gasteiger partial charge in [0.05, 0.1) is 0 Å². The number of hydrogen-bond acceptors (Lipinski definition) is 3. The van der Waals surface area contributed by atoms with Gasteiger partial charge < -0.3 is 10.2 Å². The van der Waals surface area contributed by atoms with Crippen molar-refractivity contribution in [2.75, 3.05) is 13.2 Å². The highest BCUT2D eigenvalue weighted by Gasteiger charge is 2.00. The predicted molar refractivity (Wildman–Crippen MR) is 59.1 cm³/mol. The van der Waals surface area contributed by atoms with Gasteiger partial charge >= 0.3 is 0 Å². The van der Waals surface area contributed by atoms with E-state index in [-0.39, 0.29) is 12.8 Å². The van der Waals surface area contributed by atoms with Crippen LogP contribution in [0, 0.1) is 0 Å². The molecule has 1 atom stereocenters. The van der Waals surface area contributed by atoms with Crippen molar-refractivity contribution in [3.63, 3.8) is 0 Å². The van der Waals surface area contributed by atoms with Crippen LogP contribution >= 0.6 is 0 Å².